The second-order valence-electron chi connectivity index (χ2n) is 8.28. The molecule has 35 heavy (non-hydrogen) atoms. The fraction of sp³-hybridized carbons (Fsp3) is 0.609. The maximum absolute atomic E-state index is 12.9. The highest BCUT2D eigenvalue weighted by molar-refractivity contribution is 5.91. The first-order valence-electron chi connectivity index (χ1n) is 11.5. The summed E-state index contributed by atoms with van der Waals surface area (Å²) in [5, 5.41) is 21.0. The largest absolute Gasteiger partial charge is 0.508 e. The van der Waals surface area contributed by atoms with Gasteiger partial charge < -0.3 is 30.5 Å². The van der Waals surface area contributed by atoms with Crippen LogP contribution in [0.15, 0.2) is 29.4 Å². The van der Waals surface area contributed by atoms with Crippen LogP contribution in [0.5, 0.6) is 5.75 Å². The Hall–Kier alpha value is -3.34. The molecule has 3 amide bonds. The van der Waals surface area contributed by atoms with Gasteiger partial charge >= 0.3 is 0 Å². The normalized spacial score (nSPS) is 12.3. The number of benzene rings is 1. The number of phenols is 1. The Bertz CT molecular complexity index is 841. The molecule has 2 atom stereocenters. The van der Waals surface area contributed by atoms with Gasteiger partial charge in [0, 0.05) is 31.3 Å². The highest BCUT2D eigenvalue weighted by Crippen LogP contribution is 2.12. The van der Waals surface area contributed by atoms with Crippen molar-refractivity contribution in [3.05, 3.63) is 40.3 Å². The van der Waals surface area contributed by atoms with Gasteiger partial charge in [-0.1, -0.05) is 31.1 Å². The summed E-state index contributed by atoms with van der Waals surface area (Å²) in [5.74, 6) is -0.916. The highest BCUT2D eigenvalue weighted by Gasteiger charge is 2.27. The molecule has 0 bridgehead atoms. The van der Waals surface area contributed by atoms with E-state index in [9.17, 15) is 19.5 Å². The smallest absolute Gasteiger partial charge is 0.243 e. The number of carbonyl (C=O) groups is 3. The molecule has 0 aliphatic rings. The molecule has 0 unspecified atom stereocenters. The van der Waals surface area contributed by atoms with Gasteiger partial charge in [0.25, 0.3) is 0 Å². The van der Waals surface area contributed by atoms with Gasteiger partial charge in [-0.3, -0.25) is 14.4 Å². The molecule has 194 valence electrons. The van der Waals surface area contributed by atoms with Crippen LogP contribution in [0.1, 0.15) is 32.8 Å². The third-order valence-electron chi connectivity index (χ3n) is 4.73. The molecule has 1 rings (SSSR count). The van der Waals surface area contributed by atoms with E-state index in [-0.39, 0.29) is 43.7 Å². The van der Waals surface area contributed by atoms with Crippen LogP contribution in [0.4, 0.5) is 0 Å². The summed E-state index contributed by atoms with van der Waals surface area (Å²) in [6.07, 6.45) is 0.629. The summed E-state index contributed by atoms with van der Waals surface area (Å²) in [7, 11) is 0. The van der Waals surface area contributed by atoms with Crippen molar-refractivity contribution in [2.45, 2.75) is 45.7 Å². The Kier molecular flexibility index (Phi) is 14.5. The Balaban J connectivity index is 2.65. The molecule has 0 fully saturated rings. The zero-order chi connectivity index (χ0) is 26.1. The van der Waals surface area contributed by atoms with Gasteiger partial charge in [-0.2, -0.15) is 0 Å². The molecule has 4 N–H and O–H groups in total. The van der Waals surface area contributed by atoms with Crippen molar-refractivity contribution >= 4 is 17.7 Å². The fourth-order valence-electron chi connectivity index (χ4n) is 3.14. The topological polar surface area (TPSA) is 175 Å². The predicted molar refractivity (Wildman–Crippen MR) is 129 cm³/mol. The molecule has 0 aromatic heterocycles. The molecule has 12 nitrogen and oxygen atoms in total. The van der Waals surface area contributed by atoms with Crippen molar-refractivity contribution in [2.75, 3.05) is 39.5 Å². The van der Waals surface area contributed by atoms with E-state index in [2.05, 4.69) is 26.0 Å². The van der Waals surface area contributed by atoms with Crippen LogP contribution in [-0.4, -0.2) is 74.4 Å². The summed E-state index contributed by atoms with van der Waals surface area (Å²) in [4.78, 5) is 40.0. The number of aromatic hydroxyl groups is 1. The third-order valence-corrected chi connectivity index (χ3v) is 4.73. The number of nitrogens with zero attached hydrogens (tertiary/aromatic N) is 3. The van der Waals surface area contributed by atoms with Gasteiger partial charge in [-0.05, 0) is 35.6 Å². The van der Waals surface area contributed by atoms with Crippen LogP contribution >= 0.6 is 0 Å². The number of carbonyl (C=O) groups excluding carboxylic acids is 3. The van der Waals surface area contributed by atoms with Crippen LogP contribution in [0.3, 0.4) is 0 Å². The number of rotatable bonds is 17. The van der Waals surface area contributed by atoms with E-state index in [1.807, 2.05) is 13.8 Å². The molecule has 0 saturated heterocycles. The lowest BCUT2D eigenvalue weighted by Crippen LogP contribution is -2.54. The lowest BCUT2D eigenvalue weighted by molar-refractivity contribution is -0.132. The second-order valence-corrected chi connectivity index (χ2v) is 8.28. The van der Waals surface area contributed by atoms with E-state index in [1.54, 1.807) is 12.1 Å². The summed E-state index contributed by atoms with van der Waals surface area (Å²) >= 11 is 0. The SMILES string of the molecule is CC(=O)N[C@H](CC(C)C)C(=O)N[C@@H](Cc1ccc(O)cc1)C(=O)NCCOCCOCCN=[N+]=[N-]. The molecule has 1 aromatic carbocycles. The number of ether oxygens (including phenoxy) is 2. The molecule has 0 aliphatic heterocycles. The number of nitrogens with one attached hydrogen (secondary N) is 3. The number of hydrogen-bond acceptors (Lipinski definition) is 7. The highest BCUT2D eigenvalue weighted by atomic mass is 16.5. The molecular weight excluding hydrogens is 456 g/mol. The van der Waals surface area contributed by atoms with Gasteiger partial charge in [-0.15, -0.1) is 0 Å². The van der Waals surface area contributed by atoms with Crippen LogP contribution in [-0.2, 0) is 30.3 Å². The minimum atomic E-state index is -0.889. The fourth-order valence-corrected chi connectivity index (χ4v) is 3.14. The maximum atomic E-state index is 12.9. The third kappa shape index (κ3) is 13.8. The quantitative estimate of drug-likeness (QED) is 0.111. The van der Waals surface area contributed by atoms with Crippen molar-refractivity contribution in [3.63, 3.8) is 0 Å². The van der Waals surface area contributed by atoms with Crippen molar-refractivity contribution < 1.29 is 29.0 Å². The Labute approximate surface area is 205 Å². The lowest BCUT2D eigenvalue weighted by Gasteiger charge is -2.24. The van der Waals surface area contributed by atoms with Gasteiger partial charge in [0.05, 0.1) is 26.4 Å². The van der Waals surface area contributed by atoms with Crippen LogP contribution in [0, 0.1) is 5.92 Å². The molecule has 0 radical (unpaired) electrons. The first kappa shape index (κ1) is 29.7. The summed E-state index contributed by atoms with van der Waals surface area (Å²) in [6, 6.07) is 4.71. The Morgan fingerprint density at radius 2 is 1.66 bits per heavy atom. The van der Waals surface area contributed by atoms with E-state index >= 15 is 0 Å². The van der Waals surface area contributed by atoms with Crippen LogP contribution < -0.4 is 16.0 Å². The first-order valence-corrected chi connectivity index (χ1v) is 11.5. The average molecular weight is 493 g/mol. The maximum Gasteiger partial charge on any atom is 0.243 e. The van der Waals surface area contributed by atoms with E-state index < -0.39 is 23.9 Å². The Morgan fingerprint density at radius 3 is 2.26 bits per heavy atom. The number of hydrogen-bond donors (Lipinski definition) is 4. The molecule has 0 heterocycles. The molecular formula is C23H36N6O6. The van der Waals surface area contributed by atoms with Crippen molar-refractivity contribution in [3.8, 4) is 5.75 Å². The molecule has 0 saturated carbocycles. The summed E-state index contributed by atoms with van der Waals surface area (Å²) in [6.45, 7) is 6.88. The lowest BCUT2D eigenvalue weighted by atomic mass is 10.0. The number of amides is 3. The van der Waals surface area contributed by atoms with Gasteiger partial charge in [0.1, 0.15) is 17.8 Å². The van der Waals surface area contributed by atoms with Crippen LogP contribution in [0.25, 0.3) is 10.4 Å². The summed E-state index contributed by atoms with van der Waals surface area (Å²) < 4.78 is 10.6. The van der Waals surface area contributed by atoms with E-state index in [4.69, 9.17) is 15.0 Å². The van der Waals surface area contributed by atoms with Gasteiger partial charge in [-0.25, -0.2) is 0 Å². The minimum absolute atomic E-state index is 0.0976. The average Bonchev–Trinajstić information content (AvgIpc) is 2.80. The molecule has 0 spiro atoms. The Morgan fingerprint density at radius 1 is 1.00 bits per heavy atom. The molecule has 0 aliphatic carbocycles. The van der Waals surface area contributed by atoms with E-state index in [1.165, 1.54) is 19.1 Å². The van der Waals surface area contributed by atoms with Crippen LogP contribution in [0.2, 0.25) is 0 Å². The first-order chi connectivity index (χ1) is 16.7. The number of phenolic OH excluding ortho intramolecular Hbond substituents is 1. The minimum Gasteiger partial charge on any atom is -0.508 e. The van der Waals surface area contributed by atoms with Crippen molar-refractivity contribution in [2.24, 2.45) is 11.0 Å². The number of azide groups is 1. The second kappa shape index (κ2) is 17.1. The molecule has 12 heteroatoms. The monoisotopic (exact) mass is 492 g/mol. The standard InChI is InChI=1S/C23H36N6O6/c1-16(2)14-20(27-17(3)30)23(33)28-21(15-18-4-6-19(31)7-5-18)22(32)25-8-10-34-12-13-35-11-9-26-29-24/h4-7,16,20-21,31H,8-15H2,1-3H3,(H,25,32)(H,27,30)(H,28,33)/t20-,21+/m1/s1. The van der Waals surface area contributed by atoms with E-state index in [0.717, 1.165) is 5.56 Å². The molecule has 1 aromatic rings. The van der Waals surface area contributed by atoms with Crippen molar-refractivity contribution in [1.29, 1.82) is 0 Å². The predicted octanol–water partition coefficient (Wildman–Crippen LogP) is 1.43. The van der Waals surface area contributed by atoms with Gasteiger partial charge in [0.15, 0.2) is 0 Å². The summed E-state index contributed by atoms with van der Waals surface area (Å²) in [5.41, 5.74) is 8.93. The zero-order valence-electron chi connectivity index (χ0n) is 20.5. The zero-order valence-corrected chi connectivity index (χ0v) is 20.5. The van der Waals surface area contributed by atoms with E-state index in [0.29, 0.717) is 26.2 Å². The van der Waals surface area contributed by atoms with Gasteiger partial charge in [0.2, 0.25) is 17.7 Å². The van der Waals surface area contributed by atoms with Crippen molar-refractivity contribution in [1.82, 2.24) is 16.0 Å².